The van der Waals surface area contributed by atoms with E-state index in [4.69, 9.17) is 4.74 Å². The highest BCUT2D eigenvalue weighted by atomic mass is 16.5. The van der Waals surface area contributed by atoms with E-state index in [1.54, 1.807) is 6.92 Å². The van der Waals surface area contributed by atoms with Crippen molar-refractivity contribution >= 4 is 11.9 Å². The van der Waals surface area contributed by atoms with E-state index in [0.717, 1.165) is 25.9 Å². The lowest BCUT2D eigenvalue weighted by atomic mass is 9.91. The van der Waals surface area contributed by atoms with E-state index in [1.807, 2.05) is 4.90 Å². The van der Waals surface area contributed by atoms with E-state index >= 15 is 0 Å². The summed E-state index contributed by atoms with van der Waals surface area (Å²) in [6.45, 7) is 8.34. The van der Waals surface area contributed by atoms with E-state index in [-0.39, 0.29) is 23.8 Å². The second-order valence-corrected chi connectivity index (χ2v) is 6.14. The number of esters is 1. The van der Waals surface area contributed by atoms with Crippen LogP contribution in [-0.4, -0.2) is 49.6 Å². The fourth-order valence-corrected chi connectivity index (χ4v) is 2.65. The molecular formula is C15H28N2O3. The molecular weight excluding hydrogens is 256 g/mol. The molecule has 2 atom stereocenters. The lowest BCUT2D eigenvalue weighted by Gasteiger charge is -2.37. The van der Waals surface area contributed by atoms with Crippen LogP contribution in [0, 0.1) is 11.8 Å². The van der Waals surface area contributed by atoms with Crippen LogP contribution in [0.3, 0.4) is 0 Å². The van der Waals surface area contributed by atoms with Crippen LogP contribution in [0.4, 0.5) is 0 Å². The van der Waals surface area contributed by atoms with Crippen molar-refractivity contribution in [2.45, 2.75) is 46.1 Å². The summed E-state index contributed by atoms with van der Waals surface area (Å²) in [5.74, 6) is 0.745. The van der Waals surface area contributed by atoms with E-state index in [1.165, 1.54) is 7.11 Å². The van der Waals surface area contributed by atoms with Crippen LogP contribution >= 0.6 is 0 Å². The van der Waals surface area contributed by atoms with Gasteiger partial charge in [0.1, 0.15) is 0 Å². The van der Waals surface area contributed by atoms with Gasteiger partial charge in [0, 0.05) is 26.1 Å². The summed E-state index contributed by atoms with van der Waals surface area (Å²) in [6, 6.07) is 0.279. The molecule has 0 bridgehead atoms. The van der Waals surface area contributed by atoms with Gasteiger partial charge in [0.15, 0.2) is 0 Å². The van der Waals surface area contributed by atoms with Crippen LogP contribution in [-0.2, 0) is 14.3 Å². The summed E-state index contributed by atoms with van der Waals surface area (Å²) in [7, 11) is 1.41. The zero-order valence-corrected chi connectivity index (χ0v) is 13.1. The molecule has 2 unspecified atom stereocenters. The maximum atomic E-state index is 11.6. The maximum absolute atomic E-state index is 11.6. The lowest BCUT2D eigenvalue weighted by Crippen LogP contribution is -2.51. The largest absolute Gasteiger partial charge is 0.469 e. The average Bonchev–Trinajstić information content (AvgIpc) is 2.37. The number of carbonyl (C=O) groups excluding carboxylic acids is 2. The minimum atomic E-state index is -0.193. The minimum Gasteiger partial charge on any atom is -0.469 e. The molecule has 0 aromatic heterocycles. The molecule has 1 amide bonds. The number of nitrogens with zero attached hydrogens (tertiary/aromatic N) is 1. The molecule has 116 valence electrons. The van der Waals surface area contributed by atoms with Gasteiger partial charge >= 0.3 is 5.97 Å². The van der Waals surface area contributed by atoms with Crippen molar-refractivity contribution in [3.63, 3.8) is 0 Å². The Bertz CT molecular complexity index is 331. The highest BCUT2D eigenvalue weighted by molar-refractivity contribution is 5.74. The first kappa shape index (κ1) is 17.0. The standard InChI is InChI=1S/C15H28N2O3/c1-11(2)5-6-16-14-7-13(8-15(19)20-4)9-17(10-14)12(3)18/h11,13-14,16H,5-10H2,1-4H3. The van der Waals surface area contributed by atoms with Gasteiger partial charge in [-0.2, -0.15) is 0 Å². The molecule has 1 saturated heterocycles. The highest BCUT2D eigenvalue weighted by Gasteiger charge is 2.29. The zero-order valence-electron chi connectivity index (χ0n) is 13.1. The number of piperidine rings is 1. The number of nitrogens with one attached hydrogen (secondary N) is 1. The summed E-state index contributed by atoms with van der Waals surface area (Å²) in [6.07, 6.45) is 2.44. The van der Waals surface area contributed by atoms with Gasteiger partial charge in [0.25, 0.3) is 0 Å². The quantitative estimate of drug-likeness (QED) is 0.750. The number of carbonyl (C=O) groups is 2. The summed E-state index contributed by atoms with van der Waals surface area (Å²) < 4.78 is 4.73. The second-order valence-electron chi connectivity index (χ2n) is 6.14. The number of likely N-dealkylation sites (tertiary alicyclic amines) is 1. The molecule has 0 aliphatic carbocycles. The van der Waals surface area contributed by atoms with Crippen molar-refractivity contribution in [3.8, 4) is 0 Å². The first-order chi connectivity index (χ1) is 9.42. The van der Waals surface area contributed by atoms with Crippen LogP contribution in [0.15, 0.2) is 0 Å². The Labute approximate surface area is 122 Å². The van der Waals surface area contributed by atoms with Gasteiger partial charge in [0.05, 0.1) is 13.5 Å². The number of hydrogen-bond acceptors (Lipinski definition) is 4. The molecule has 1 N–H and O–H groups in total. The van der Waals surface area contributed by atoms with Crippen LogP contribution in [0.5, 0.6) is 0 Å². The van der Waals surface area contributed by atoms with E-state index in [0.29, 0.717) is 18.9 Å². The third-order valence-electron chi connectivity index (χ3n) is 3.82. The van der Waals surface area contributed by atoms with Gasteiger partial charge in [-0.25, -0.2) is 0 Å². The smallest absolute Gasteiger partial charge is 0.305 e. The lowest BCUT2D eigenvalue weighted by molar-refractivity contribution is -0.143. The Morgan fingerprint density at radius 2 is 2.05 bits per heavy atom. The summed E-state index contributed by atoms with van der Waals surface area (Å²) in [5, 5.41) is 3.51. The molecule has 1 aliphatic heterocycles. The first-order valence-corrected chi connectivity index (χ1v) is 7.48. The molecule has 1 aliphatic rings. The third kappa shape index (κ3) is 5.90. The van der Waals surface area contributed by atoms with Gasteiger partial charge < -0.3 is 15.0 Å². The Balaban J connectivity index is 2.51. The fraction of sp³-hybridized carbons (Fsp3) is 0.867. The number of ether oxygens (including phenoxy) is 1. The number of methoxy groups -OCH3 is 1. The monoisotopic (exact) mass is 284 g/mol. The normalized spacial score (nSPS) is 22.9. The van der Waals surface area contributed by atoms with Crippen LogP contribution in [0.25, 0.3) is 0 Å². The topological polar surface area (TPSA) is 58.6 Å². The van der Waals surface area contributed by atoms with Crippen LogP contribution < -0.4 is 5.32 Å². The Kier molecular flexibility index (Phi) is 6.99. The summed E-state index contributed by atoms with van der Waals surface area (Å²) in [4.78, 5) is 24.9. The van der Waals surface area contributed by atoms with Gasteiger partial charge in [0.2, 0.25) is 5.91 Å². The molecule has 5 heteroatoms. The number of hydrogen-bond donors (Lipinski definition) is 1. The van der Waals surface area contributed by atoms with Crippen molar-refractivity contribution in [1.29, 1.82) is 0 Å². The number of rotatable bonds is 6. The molecule has 0 spiro atoms. The van der Waals surface area contributed by atoms with E-state index in [2.05, 4.69) is 19.2 Å². The van der Waals surface area contributed by atoms with Crippen LogP contribution in [0.2, 0.25) is 0 Å². The summed E-state index contributed by atoms with van der Waals surface area (Å²) in [5.41, 5.74) is 0. The fourth-order valence-electron chi connectivity index (χ4n) is 2.65. The van der Waals surface area contributed by atoms with Crippen molar-refractivity contribution in [1.82, 2.24) is 10.2 Å². The van der Waals surface area contributed by atoms with Crippen molar-refractivity contribution in [3.05, 3.63) is 0 Å². The first-order valence-electron chi connectivity index (χ1n) is 7.48. The summed E-state index contributed by atoms with van der Waals surface area (Å²) >= 11 is 0. The predicted octanol–water partition coefficient (Wildman–Crippen LogP) is 1.42. The molecule has 1 rings (SSSR count). The van der Waals surface area contributed by atoms with Gasteiger partial charge in [-0.1, -0.05) is 13.8 Å². The molecule has 20 heavy (non-hydrogen) atoms. The van der Waals surface area contributed by atoms with E-state index < -0.39 is 0 Å². The number of amides is 1. The highest BCUT2D eigenvalue weighted by Crippen LogP contribution is 2.21. The Hall–Kier alpha value is -1.10. The molecule has 0 aromatic rings. The molecule has 0 saturated carbocycles. The second kappa shape index (κ2) is 8.25. The Morgan fingerprint density at radius 1 is 1.35 bits per heavy atom. The molecule has 5 nitrogen and oxygen atoms in total. The van der Waals surface area contributed by atoms with Crippen LogP contribution in [0.1, 0.15) is 40.0 Å². The maximum Gasteiger partial charge on any atom is 0.305 e. The van der Waals surface area contributed by atoms with Crippen molar-refractivity contribution < 1.29 is 14.3 Å². The average molecular weight is 284 g/mol. The molecule has 0 radical (unpaired) electrons. The van der Waals surface area contributed by atoms with Gasteiger partial charge in [-0.15, -0.1) is 0 Å². The predicted molar refractivity (Wildman–Crippen MR) is 78.2 cm³/mol. The zero-order chi connectivity index (χ0) is 15.1. The molecule has 1 fully saturated rings. The third-order valence-corrected chi connectivity index (χ3v) is 3.82. The molecule has 0 aromatic carbocycles. The van der Waals surface area contributed by atoms with Crippen molar-refractivity contribution in [2.24, 2.45) is 11.8 Å². The van der Waals surface area contributed by atoms with Gasteiger partial charge in [-0.3, -0.25) is 9.59 Å². The van der Waals surface area contributed by atoms with Gasteiger partial charge in [-0.05, 0) is 31.2 Å². The molecule has 1 heterocycles. The minimum absolute atomic E-state index is 0.0789. The van der Waals surface area contributed by atoms with E-state index in [9.17, 15) is 9.59 Å². The SMILES string of the molecule is COC(=O)CC1CC(NCCC(C)C)CN(C(C)=O)C1. The Morgan fingerprint density at radius 3 is 2.60 bits per heavy atom. The van der Waals surface area contributed by atoms with Crippen molar-refractivity contribution in [2.75, 3.05) is 26.7 Å².